The van der Waals surface area contributed by atoms with Crippen LogP contribution in [0.5, 0.6) is 0 Å². The van der Waals surface area contributed by atoms with Crippen LogP contribution in [0.3, 0.4) is 0 Å². The molecule has 0 aromatic rings. The summed E-state index contributed by atoms with van der Waals surface area (Å²) in [4.78, 5) is 11.4. The van der Waals surface area contributed by atoms with Crippen molar-refractivity contribution >= 4 is 5.97 Å². The molecule has 0 atom stereocenters. The number of esters is 1. The van der Waals surface area contributed by atoms with Gasteiger partial charge in [-0.15, -0.1) is 0 Å². The van der Waals surface area contributed by atoms with E-state index in [1.54, 1.807) is 0 Å². The normalized spacial score (nSPS) is 10.4. The molecule has 0 aromatic carbocycles. The topological polar surface area (TPSA) is 26.3 Å². The highest BCUT2D eigenvalue weighted by molar-refractivity contribution is 5.87. The minimum Gasteiger partial charge on any atom is -0.462 e. The lowest BCUT2D eigenvalue weighted by molar-refractivity contribution is -0.139. The Morgan fingerprint density at radius 3 is 2.53 bits per heavy atom. The summed E-state index contributed by atoms with van der Waals surface area (Å²) >= 11 is 0. The van der Waals surface area contributed by atoms with Crippen molar-refractivity contribution in [2.75, 3.05) is 6.61 Å². The van der Waals surface area contributed by atoms with Crippen LogP contribution in [0.25, 0.3) is 0 Å². The van der Waals surface area contributed by atoms with Crippen molar-refractivity contribution in [1.29, 1.82) is 0 Å². The molecular weight excluding hydrogens is 188 g/mol. The highest BCUT2D eigenvalue weighted by Gasteiger charge is 2.07. The SMILES string of the molecule is C=C(CCCCC)C(=O)OCCC(C)C. The Morgan fingerprint density at radius 2 is 2.00 bits per heavy atom. The van der Waals surface area contributed by atoms with Crippen molar-refractivity contribution in [2.24, 2.45) is 5.92 Å². The molecule has 0 saturated heterocycles. The molecule has 0 bridgehead atoms. The number of carbonyl (C=O) groups excluding carboxylic acids is 1. The molecule has 0 aliphatic carbocycles. The van der Waals surface area contributed by atoms with Gasteiger partial charge in [0.05, 0.1) is 6.61 Å². The van der Waals surface area contributed by atoms with Gasteiger partial charge in [-0.1, -0.05) is 40.2 Å². The largest absolute Gasteiger partial charge is 0.462 e. The van der Waals surface area contributed by atoms with E-state index in [9.17, 15) is 4.79 Å². The van der Waals surface area contributed by atoms with Gasteiger partial charge in [-0.25, -0.2) is 4.79 Å². The molecule has 0 aliphatic heterocycles. The van der Waals surface area contributed by atoms with Gasteiger partial charge in [0.25, 0.3) is 0 Å². The smallest absolute Gasteiger partial charge is 0.333 e. The maximum Gasteiger partial charge on any atom is 0.333 e. The van der Waals surface area contributed by atoms with Gasteiger partial charge in [0.2, 0.25) is 0 Å². The molecule has 0 heterocycles. The maximum absolute atomic E-state index is 11.4. The van der Waals surface area contributed by atoms with Crippen molar-refractivity contribution in [1.82, 2.24) is 0 Å². The third-order valence-corrected chi connectivity index (χ3v) is 2.30. The van der Waals surface area contributed by atoms with Gasteiger partial charge in [0.15, 0.2) is 0 Å². The summed E-state index contributed by atoms with van der Waals surface area (Å²) in [5, 5.41) is 0. The molecule has 0 rings (SSSR count). The first-order valence-electron chi connectivity index (χ1n) is 5.92. The molecule has 0 spiro atoms. The van der Waals surface area contributed by atoms with E-state index >= 15 is 0 Å². The van der Waals surface area contributed by atoms with Gasteiger partial charge in [0.1, 0.15) is 0 Å². The minimum absolute atomic E-state index is 0.216. The van der Waals surface area contributed by atoms with Crippen LogP contribution in [0, 0.1) is 5.92 Å². The fourth-order valence-electron chi connectivity index (χ4n) is 1.18. The van der Waals surface area contributed by atoms with Crippen LogP contribution < -0.4 is 0 Å². The average Bonchev–Trinajstić information content (AvgIpc) is 2.17. The lowest BCUT2D eigenvalue weighted by atomic mass is 10.1. The van der Waals surface area contributed by atoms with Crippen LogP contribution in [0.4, 0.5) is 0 Å². The molecule has 0 N–H and O–H groups in total. The fraction of sp³-hybridized carbons (Fsp3) is 0.769. The molecular formula is C13H24O2. The first kappa shape index (κ1) is 14.2. The second kappa shape index (κ2) is 8.51. The number of hydrogen-bond acceptors (Lipinski definition) is 2. The van der Waals surface area contributed by atoms with E-state index in [2.05, 4.69) is 27.4 Å². The highest BCUT2D eigenvalue weighted by atomic mass is 16.5. The van der Waals surface area contributed by atoms with E-state index in [-0.39, 0.29) is 5.97 Å². The number of unbranched alkanes of at least 4 members (excludes halogenated alkanes) is 2. The summed E-state index contributed by atoms with van der Waals surface area (Å²) in [5.74, 6) is 0.359. The Balaban J connectivity index is 3.56. The predicted molar refractivity (Wildman–Crippen MR) is 63.7 cm³/mol. The lowest BCUT2D eigenvalue weighted by Gasteiger charge is -2.08. The number of rotatable bonds is 8. The molecule has 2 heteroatoms. The van der Waals surface area contributed by atoms with Gasteiger partial charge in [-0.3, -0.25) is 0 Å². The quantitative estimate of drug-likeness (QED) is 0.348. The van der Waals surface area contributed by atoms with Crippen LogP contribution in [0.1, 0.15) is 52.9 Å². The average molecular weight is 212 g/mol. The van der Waals surface area contributed by atoms with E-state index in [0.29, 0.717) is 18.1 Å². The van der Waals surface area contributed by atoms with Crippen LogP contribution in [0.15, 0.2) is 12.2 Å². The summed E-state index contributed by atoms with van der Waals surface area (Å²) in [6, 6.07) is 0. The van der Waals surface area contributed by atoms with E-state index < -0.39 is 0 Å². The summed E-state index contributed by atoms with van der Waals surface area (Å²) in [7, 11) is 0. The summed E-state index contributed by atoms with van der Waals surface area (Å²) in [6.07, 6.45) is 5.05. The van der Waals surface area contributed by atoms with Crippen molar-refractivity contribution in [2.45, 2.75) is 52.9 Å². The molecule has 0 unspecified atom stereocenters. The van der Waals surface area contributed by atoms with E-state index in [4.69, 9.17) is 4.74 Å². The minimum atomic E-state index is -0.216. The zero-order valence-corrected chi connectivity index (χ0v) is 10.3. The fourth-order valence-corrected chi connectivity index (χ4v) is 1.18. The van der Waals surface area contributed by atoms with E-state index in [1.807, 2.05) is 0 Å². The van der Waals surface area contributed by atoms with Gasteiger partial charge in [-0.05, 0) is 25.2 Å². The zero-order valence-electron chi connectivity index (χ0n) is 10.3. The summed E-state index contributed by atoms with van der Waals surface area (Å²) < 4.78 is 5.11. The second-order valence-electron chi connectivity index (χ2n) is 4.38. The molecule has 0 aromatic heterocycles. The standard InChI is InChI=1S/C13H24O2/c1-5-6-7-8-12(4)13(14)15-10-9-11(2)3/h11H,4-10H2,1-3H3. The molecule has 0 saturated carbocycles. The van der Waals surface area contributed by atoms with Gasteiger partial charge >= 0.3 is 5.97 Å². The molecule has 0 amide bonds. The number of ether oxygens (including phenoxy) is 1. The first-order valence-corrected chi connectivity index (χ1v) is 5.92. The second-order valence-corrected chi connectivity index (χ2v) is 4.38. The Labute approximate surface area is 93.7 Å². The Hall–Kier alpha value is -0.790. The number of hydrogen-bond donors (Lipinski definition) is 0. The summed E-state index contributed by atoms with van der Waals surface area (Å²) in [6.45, 7) is 10.6. The molecule has 0 aliphatic rings. The van der Waals surface area contributed by atoms with Crippen LogP contribution in [0.2, 0.25) is 0 Å². The first-order chi connectivity index (χ1) is 7.07. The van der Waals surface area contributed by atoms with Crippen molar-refractivity contribution in [3.05, 3.63) is 12.2 Å². The predicted octanol–water partition coefficient (Wildman–Crippen LogP) is 3.71. The van der Waals surface area contributed by atoms with Gasteiger partial charge in [0, 0.05) is 5.57 Å². The van der Waals surface area contributed by atoms with Crippen LogP contribution >= 0.6 is 0 Å². The van der Waals surface area contributed by atoms with E-state index in [0.717, 1.165) is 32.1 Å². The Bertz CT molecular complexity index is 195. The van der Waals surface area contributed by atoms with Crippen LogP contribution in [-0.4, -0.2) is 12.6 Å². The maximum atomic E-state index is 11.4. The zero-order chi connectivity index (χ0) is 11.7. The van der Waals surface area contributed by atoms with Crippen molar-refractivity contribution < 1.29 is 9.53 Å². The Morgan fingerprint density at radius 1 is 1.33 bits per heavy atom. The van der Waals surface area contributed by atoms with E-state index in [1.165, 1.54) is 0 Å². The Kier molecular flexibility index (Phi) is 8.06. The van der Waals surface area contributed by atoms with Crippen LogP contribution in [-0.2, 0) is 9.53 Å². The molecule has 15 heavy (non-hydrogen) atoms. The van der Waals surface area contributed by atoms with Gasteiger partial charge in [-0.2, -0.15) is 0 Å². The summed E-state index contributed by atoms with van der Waals surface area (Å²) in [5.41, 5.74) is 0.618. The molecule has 2 nitrogen and oxygen atoms in total. The number of carbonyl (C=O) groups is 1. The third kappa shape index (κ3) is 8.22. The molecule has 88 valence electrons. The van der Waals surface area contributed by atoms with Crippen molar-refractivity contribution in [3.8, 4) is 0 Å². The van der Waals surface area contributed by atoms with Crippen molar-refractivity contribution in [3.63, 3.8) is 0 Å². The lowest BCUT2D eigenvalue weighted by Crippen LogP contribution is -2.09. The molecule has 0 radical (unpaired) electrons. The highest BCUT2D eigenvalue weighted by Crippen LogP contribution is 2.09. The van der Waals surface area contributed by atoms with Gasteiger partial charge < -0.3 is 4.74 Å². The third-order valence-electron chi connectivity index (χ3n) is 2.30. The monoisotopic (exact) mass is 212 g/mol. The molecule has 0 fully saturated rings.